The standard InChI is InChI=1S/C6H7N.C6H7P/c1-6-4-2-3-5-7-6;7-6-4-2-1-3-5-6/h2-5H,1H3;1-5H,7H2. The van der Waals surface area contributed by atoms with Crippen LogP contribution in [0.1, 0.15) is 5.69 Å². The number of hydrogen-bond donors (Lipinski definition) is 0. The molecule has 0 aliphatic rings. The third-order valence-corrected chi connectivity index (χ3v) is 2.00. The van der Waals surface area contributed by atoms with Gasteiger partial charge in [-0.2, -0.15) is 0 Å². The lowest BCUT2D eigenvalue weighted by atomic mass is 10.4. The van der Waals surface area contributed by atoms with Gasteiger partial charge in [-0.05, 0) is 24.4 Å². The molecule has 0 radical (unpaired) electrons. The van der Waals surface area contributed by atoms with Gasteiger partial charge in [0.2, 0.25) is 0 Å². The zero-order chi connectivity index (χ0) is 10.2. The van der Waals surface area contributed by atoms with Crippen molar-refractivity contribution in [3.63, 3.8) is 0 Å². The van der Waals surface area contributed by atoms with Crippen LogP contribution >= 0.6 is 9.24 Å². The Hall–Kier alpha value is -1.20. The van der Waals surface area contributed by atoms with Gasteiger partial charge in [0.15, 0.2) is 0 Å². The molecule has 14 heavy (non-hydrogen) atoms. The maximum atomic E-state index is 3.98. The molecule has 0 bridgehead atoms. The van der Waals surface area contributed by atoms with E-state index in [4.69, 9.17) is 0 Å². The van der Waals surface area contributed by atoms with Gasteiger partial charge in [-0.3, -0.25) is 4.98 Å². The molecule has 0 spiro atoms. The lowest BCUT2D eigenvalue weighted by Crippen LogP contribution is -1.82. The quantitative estimate of drug-likeness (QED) is 0.600. The van der Waals surface area contributed by atoms with E-state index in [-0.39, 0.29) is 0 Å². The molecule has 72 valence electrons. The predicted octanol–water partition coefficient (Wildman–Crippen LogP) is 2.58. The van der Waals surface area contributed by atoms with E-state index < -0.39 is 0 Å². The number of pyridine rings is 1. The van der Waals surface area contributed by atoms with Crippen LogP contribution in [-0.2, 0) is 0 Å². The van der Waals surface area contributed by atoms with Gasteiger partial charge in [0.1, 0.15) is 0 Å². The maximum Gasteiger partial charge on any atom is 0.0372 e. The highest BCUT2D eigenvalue weighted by atomic mass is 31.0. The highest BCUT2D eigenvalue weighted by Crippen LogP contribution is 1.86. The number of nitrogens with zero attached hydrogens (tertiary/aromatic N) is 1. The van der Waals surface area contributed by atoms with Gasteiger partial charge >= 0.3 is 0 Å². The molecule has 2 rings (SSSR count). The Morgan fingerprint density at radius 1 is 0.929 bits per heavy atom. The number of aryl methyl sites for hydroxylation is 1. The first-order chi connectivity index (χ1) is 6.79. The van der Waals surface area contributed by atoms with E-state index in [1.165, 1.54) is 5.30 Å². The molecular weight excluding hydrogens is 189 g/mol. The molecule has 2 aromatic rings. The summed E-state index contributed by atoms with van der Waals surface area (Å²) in [6.45, 7) is 1.97. The zero-order valence-electron chi connectivity index (χ0n) is 8.22. The van der Waals surface area contributed by atoms with Crippen molar-refractivity contribution in [2.24, 2.45) is 0 Å². The Balaban J connectivity index is 0.000000140. The highest BCUT2D eigenvalue weighted by Gasteiger charge is 1.73. The van der Waals surface area contributed by atoms with Gasteiger partial charge in [-0.1, -0.05) is 36.4 Å². The molecule has 0 aliphatic carbocycles. The van der Waals surface area contributed by atoms with Crippen LogP contribution in [0, 0.1) is 6.92 Å². The van der Waals surface area contributed by atoms with Gasteiger partial charge in [-0.15, -0.1) is 9.24 Å². The van der Waals surface area contributed by atoms with Gasteiger partial charge < -0.3 is 0 Å². The molecule has 2 heteroatoms. The van der Waals surface area contributed by atoms with E-state index in [2.05, 4.69) is 14.2 Å². The lowest BCUT2D eigenvalue weighted by molar-refractivity contribution is 1.20. The SMILES string of the molecule is Cc1ccccn1.Pc1ccccc1. The minimum Gasteiger partial charge on any atom is -0.262 e. The summed E-state index contributed by atoms with van der Waals surface area (Å²) in [7, 11) is 2.63. The monoisotopic (exact) mass is 203 g/mol. The predicted molar refractivity (Wildman–Crippen MR) is 64.8 cm³/mol. The number of hydrogen-bond acceptors (Lipinski definition) is 1. The van der Waals surface area contributed by atoms with Crippen LogP contribution in [0.15, 0.2) is 54.7 Å². The largest absolute Gasteiger partial charge is 0.262 e. The van der Waals surface area contributed by atoms with Crippen molar-refractivity contribution in [1.29, 1.82) is 0 Å². The molecule has 0 N–H and O–H groups in total. The third kappa shape index (κ3) is 4.74. The van der Waals surface area contributed by atoms with Gasteiger partial charge in [0, 0.05) is 11.9 Å². The minimum absolute atomic E-state index is 1.07. The average Bonchev–Trinajstić information content (AvgIpc) is 2.21. The van der Waals surface area contributed by atoms with E-state index in [0.717, 1.165) is 5.69 Å². The Kier molecular flexibility index (Phi) is 4.88. The summed E-state index contributed by atoms with van der Waals surface area (Å²) >= 11 is 0. The first kappa shape index (κ1) is 10.9. The Morgan fingerprint density at radius 2 is 1.57 bits per heavy atom. The van der Waals surface area contributed by atoms with Crippen molar-refractivity contribution >= 4 is 14.5 Å². The van der Waals surface area contributed by atoms with Crippen molar-refractivity contribution in [3.8, 4) is 0 Å². The normalized spacial score (nSPS) is 8.71. The number of aromatic nitrogens is 1. The fourth-order valence-electron chi connectivity index (χ4n) is 0.901. The third-order valence-electron chi connectivity index (χ3n) is 1.61. The highest BCUT2D eigenvalue weighted by molar-refractivity contribution is 7.27. The molecule has 0 fully saturated rings. The lowest BCUT2D eigenvalue weighted by Gasteiger charge is -1.82. The molecule has 0 saturated heterocycles. The van der Waals surface area contributed by atoms with E-state index >= 15 is 0 Å². The summed E-state index contributed by atoms with van der Waals surface area (Å²) in [5.74, 6) is 0. The molecule has 1 unspecified atom stereocenters. The molecule has 0 saturated carbocycles. The Morgan fingerprint density at radius 3 is 1.86 bits per heavy atom. The Labute approximate surface area is 87.4 Å². The van der Waals surface area contributed by atoms with E-state index in [9.17, 15) is 0 Å². The zero-order valence-corrected chi connectivity index (χ0v) is 9.38. The van der Waals surface area contributed by atoms with Crippen LogP contribution in [0.25, 0.3) is 0 Å². The van der Waals surface area contributed by atoms with Crippen molar-refractivity contribution in [1.82, 2.24) is 4.98 Å². The van der Waals surface area contributed by atoms with Crippen LogP contribution in [-0.4, -0.2) is 4.98 Å². The maximum absolute atomic E-state index is 3.98. The van der Waals surface area contributed by atoms with Gasteiger partial charge in [-0.25, -0.2) is 0 Å². The average molecular weight is 203 g/mol. The second-order valence-electron chi connectivity index (χ2n) is 2.88. The van der Waals surface area contributed by atoms with Crippen molar-refractivity contribution in [3.05, 3.63) is 60.4 Å². The van der Waals surface area contributed by atoms with Crippen molar-refractivity contribution in [2.75, 3.05) is 0 Å². The smallest absolute Gasteiger partial charge is 0.0372 e. The molecule has 1 atom stereocenters. The second-order valence-corrected chi connectivity index (χ2v) is 3.55. The van der Waals surface area contributed by atoms with Crippen LogP contribution < -0.4 is 5.30 Å². The second kappa shape index (κ2) is 6.28. The first-order valence-electron chi connectivity index (χ1n) is 4.47. The number of rotatable bonds is 0. The summed E-state index contributed by atoms with van der Waals surface area (Å²) in [6, 6.07) is 16.0. The van der Waals surface area contributed by atoms with Crippen molar-refractivity contribution < 1.29 is 0 Å². The van der Waals surface area contributed by atoms with Crippen molar-refractivity contribution in [2.45, 2.75) is 6.92 Å². The van der Waals surface area contributed by atoms with Crippen LogP contribution in [0.3, 0.4) is 0 Å². The van der Waals surface area contributed by atoms with Crippen LogP contribution in [0.2, 0.25) is 0 Å². The molecule has 1 aromatic heterocycles. The summed E-state index contributed by atoms with van der Waals surface area (Å²) in [6.07, 6.45) is 1.79. The van der Waals surface area contributed by atoms with Gasteiger partial charge in [0.25, 0.3) is 0 Å². The first-order valence-corrected chi connectivity index (χ1v) is 5.05. The minimum atomic E-state index is 1.07. The van der Waals surface area contributed by atoms with E-state index in [1.54, 1.807) is 6.20 Å². The summed E-state index contributed by atoms with van der Waals surface area (Å²) in [4.78, 5) is 3.98. The number of benzene rings is 1. The van der Waals surface area contributed by atoms with Crippen LogP contribution in [0.4, 0.5) is 0 Å². The van der Waals surface area contributed by atoms with Gasteiger partial charge in [0.05, 0.1) is 0 Å². The topological polar surface area (TPSA) is 12.9 Å². The summed E-state index contributed by atoms with van der Waals surface area (Å²) in [5, 5.41) is 1.24. The molecule has 0 aliphatic heterocycles. The molecule has 1 aromatic carbocycles. The van der Waals surface area contributed by atoms with E-state index in [1.807, 2.05) is 55.5 Å². The van der Waals surface area contributed by atoms with Crippen LogP contribution in [0.5, 0.6) is 0 Å². The molecule has 0 amide bonds. The molecular formula is C12H14NP. The fourth-order valence-corrected chi connectivity index (χ4v) is 1.12. The Bertz CT molecular complexity index is 308. The summed E-state index contributed by atoms with van der Waals surface area (Å²) < 4.78 is 0. The fraction of sp³-hybridized carbons (Fsp3) is 0.0833. The van der Waals surface area contributed by atoms with E-state index in [0.29, 0.717) is 0 Å². The molecule has 1 heterocycles. The molecule has 1 nitrogen and oxygen atoms in total. The summed E-state index contributed by atoms with van der Waals surface area (Å²) in [5.41, 5.74) is 1.07.